The van der Waals surface area contributed by atoms with Gasteiger partial charge in [0.15, 0.2) is 5.65 Å². The van der Waals surface area contributed by atoms with Crippen molar-refractivity contribution in [1.82, 2.24) is 23.9 Å². The molecule has 272 valence electrons. The predicted octanol–water partition coefficient (Wildman–Crippen LogP) is 12.4. The monoisotopic (exact) mass is 737 g/mol. The lowest BCUT2D eigenvalue weighted by atomic mass is 9.92. The van der Waals surface area contributed by atoms with Gasteiger partial charge in [-0.2, -0.15) is 4.98 Å². The van der Waals surface area contributed by atoms with Crippen LogP contribution in [0.2, 0.25) is 0 Å². The van der Waals surface area contributed by atoms with Crippen molar-refractivity contribution in [2.24, 2.45) is 0 Å². The van der Waals surface area contributed by atoms with E-state index < -0.39 is 0 Å². The highest BCUT2D eigenvalue weighted by Crippen LogP contribution is 2.44. The van der Waals surface area contributed by atoms with Gasteiger partial charge in [0.2, 0.25) is 11.7 Å². The van der Waals surface area contributed by atoms with E-state index in [4.69, 9.17) is 24.1 Å². The third-order valence-electron chi connectivity index (χ3n) is 12.0. The summed E-state index contributed by atoms with van der Waals surface area (Å²) >= 11 is 0. The fourth-order valence-corrected chi connectivity index (χ4v) is 9.03. The summed E-state index contributed by atoms with van der Waals surface area (Å²) in [6.07, 6.45) is 4.13. The van der Waals surface area contributed by atoms with Gasteiger partial charge in [-0.05, 0) is 114 Å². The smallest absolute Gasteiger partial charge is 0.221 e. The first-order valence-electron chi connectivity index (χ1n) is 19.5. The van der Waals surface area contributed by atoms with Gasteiger partial charge in [0, 0.05) is 39.9 Å². The van der Waals surface area contributed by atoms with Gasteiger partial charge in [0.25, 0.3) is 0 Å². The number of ether oxygens (including phenoxy) is 1. The number of imidazole rings is 2. The van der Waals surface area contributed by atoms with Crippen molar-refractivity contribution in [3.63, 3.8) is 0 Å². The average Bonchev–Trinajstić information content (AvgIpc) is 4.02. The zero-order chi connectivity index (χ0) is 37.8. The number of aromatic nitrogens is 5. The van der Waals surface area contributed by atoms with Gasteiger partial charge >= 0.3 is 0 Å². The highest BCUT2D eigenvalue weighted by molar-refractivity contribution is 6.17. The Morgan fingerprint density at radius 2 is 1.54 bits per heavy atom. The Kier molecular flexibility index (Phi) is 6.81. The van der Waals surface area contributed by atoms with Gasteiger partial charge in [0.1, 0.15) is 16.9 Å². The Morgan fingerprint density at radius 1 is 0.684 bits per heavy atom. The average molecular weight is 738 g/mol. The normalized spacial score (nSPS) is 14.2. The maximum absolute atomic E-state index is 6.86. The molecule has 6 aromatic carbocycles. The van der Waals surface area contributed by atoms with Crippen molar-refractivity contribution in [3.05, 3.63) is 174 Å². The fraction of sp³-hybridized carbons (Fsp3) is 0.100. The summed E-state index contributed by atoms with van der Waals surface area (Å²) in [5.74, 6) is 2.26. The van der Waals surface area contributed by atoms with Crippen LogP contribution >= 0.6 is 0 Å². The molecule has 5 heterocycles. The van der Waals surface area contributed by atoms with Crippen LogP contribution in [0.4, 0.5) is 0 Å². The van der Waals surface area contributed by atoms with E-state index in [1.807, 2.05) is 18.2 Å². The summed E-state index contributed by atoms with van der Waals surface area (Å²) in [4.78, 5) is 15.4. The molecule has 0 radical (unpaired) electrons. The second-order valence-corrected chi connectivity index (χ2v) is 15.3. The second kappa shape index (κ2) is 12.1. The number of furan rings is 1. The van der Waals surface area contributed by atoms with Crippen molar-refractivity contribution in [1.29, 1.82) is 0 Å². The van der Waals surface area contributed by atoms with Crippen LogP contribution in [0.25, 0.3) is 77.6 Å². The molecule has 1 atom stereocenters. The first kappa shape index (κ1) is 32.0. The molecule has 1 unspecified atom stereocenters. The van der Waals surface area contributed by atoms with Crippen LogP contribution in [0.5, 0.6) is 11.6 Å². The highest BCUT2D eigenvalue weighted by atomic mass is 16.5. The maximum atomic E-state index is 6.86. The molecule has 0 saturated heterocycles. The number of hydrogen-bond acceptors (Lipinski definition) is 5. The number of aryl methyl sites for hydroxylation is 3. The molecule has 0 fully saturated rings. The topological polar surface area (TPSA) is 70.4 Å². The number of pyridine rings is 2. The molecule has 5 aromatic heterocycles. The summed E-state index contributed by atoms with van der Waals surface area (Å²) in [5.41, 5.74) is 14.4. The van der Waals surface area contributed by atoms with Gasteiger partial charge in [-0.25, -0.2) is 4.98 Å². The number of nitrogens with zero attached hydrogens (tertiary/aromatic N) is 5. The predicted molar refractivity (Wildman–Crippen MR) is 228 cm³/mol. The van der Waals surface area contributed by atoms with E-state index in [-0.39, 0.29) is 0 Å². The molecule has 0 aliphatic heterocycles. The summed E-state index contributed by atoms with van der Waals surface area (Å²) < 4.78 is 18.0. The van der Waals surface area contributed by atoms with Crippen molar-refractivity contribution in [2.45, 2.75) is 32.6 Å². The Morgan fingerprint density at radius 3 is 2.46 bits per heavy atom. The molecule has 0 N–H and O–H groups in total. The fourth-order valence-electron chi connectivity index (χ4n) is 9.03. The molecule has 0 spiro atoms. The minimum atomic E-state index is 0.320. The van der Waals surface area contributed by atoms with Crippen LogP contribution < -0.4 is 4.74 Å². The molecular formula is C50H35N5O2. The quantitative estimate of drug-likeness (QED) is 0.176. The van der Waals surface area contributed by atoms with Gasteiger partial charge in [-0.1, -0.05) is 78.9 Å². The minimum Gasteiger partial charge on any atom is -0.455 e. The van der Waals surface area contributed by atoms with Crippen LogP contribution in [0.1, 0.15) is 40.2 Å². The Bertz CT molecular complexity index is 3430. The molecule has 0 amide bonds. The Hall–Kier alpha value is -7.25. The zero-order valence-electron chi connectivity index (χ0n) is 31.4. The van der Waals surface area contributed by atoms with Crippen molar-refractivity contribution in [3.8, 4) is 28.6 Å². The van der Waals surface area contributed by atoms with Crippen LogP contribution in [0.3, 0.4) is 0 Å². The highest BCUT2D eigenvalue weighted by Gasteiger charge is 2.27. The minimum absolute atomic E-state index is 0.320. The molecule has 12 rings (SSSR count). The number of rotatable bonds is 5. The number of para-hydroxylation sites is 2. The van der Waals surface area contributed by atoms with Gasteiger partial charge < -0.3 is 9.15 Å². The standard InChI is InChI=1S/C50H35N5O2/c1-29-16-19-34(24-30(29)2)54-49-45(55-44-15-9-8-14-42(44)52-50(54)55)22-23-46(53-49)56-35-25-40-38-21-17-32-12-6-7-13-37(32)47(38)57-48(40)41(26-35)43-27-39-33(28-51-43)18-20-36(39)31-10-4-3-5-11-31/h3-17,19,21-28,36H,18,20H2,1-2H3. The lowest BCUT2D eigenvalue weighted by molar-refractivity contribution is 0.465. The third-order valence-corrected chi connectivity index (χ3v) is 12.0. The summed E-state index contributed by atoms with van der Waals surface area (Å²) in [6, 6.07) is 48.6. The Labute approximate surface area is 327 Å². The molecule has 11 aromatic rings. The zero-order valence-corrected chi connectivity index (χ0v) is 31.4. The van der Waals surface area contributed by atoms with Crippen LogP contribution in [0, 0.1) is 13.8 Å². The van der Waals surface area contributed by atoms with Crippen molar-refractivity contribution >= 4 is 60.7 Å². The van der Waals surface area contributed by atoms with E-state index in [1.54, 1.807) is 0 Å². The molecule has 1 aliphatic carbocycles. The Balaban J connectivity index is 1.05. The summed E-state index contributed by atoms with van der Waals surface area (Å²) in [7, 11) is 0. The van der Waals surface area contributed by atoms with Gasteiger partial charge in [-0.3, -0.25) is 14.0 Å². The van der Waals surface area contributed by atoms with Crippen molar-refractivity contribution < 1.29 is 9.15 Å². The van der Waals surface area contributed by atoms with E-state index in [2.05, 4.69) is 150 Å². The largest absolute Gasteiger partial charge is 0.455 e. The van der Waals surface area contributed by atoms with Crippen LogP contribution in [-0.4, -0.2) is 23.9 Å². The number of benzene rings is 6. The second-order valence-electron chi connectivity index (χ2n) is 15.3. The summed E-state index contributed by atoms with van der Waals surface area (Å²) in [6.45, 7) is 4.27. The van der Waals surface area contributed by atoms with E-state index >= 15 is 0 Å². The molecule has 7 nitrogen and oxygen atoms in total. The van der Waals surface area contributed by atoms with E-state index in [0.29, 0.717) is 17.5 Å². The SMILES string of the molecule is Cc1ccc(-n2c3nc(Oc4cc(-c5cc6c(cn5)CCC6c5ccccc5)c5oc6c7ccccc7ccc6c5c4)ccc3n3c4ccccc4nc23)cc1C. The van der Waals surface area contributed by atoms with Crippen LogP contribution in [-0.2, 0) is 6.42 Å². The molecule has 0 saturated carbocycles. The first-order valence-corrected chi connectivity index (χ1v) is 19.5. The van der Waals surface area contributed by atoms with E-state index in [9.17, 15) is 0 Å². The van der Waals surface area contributed by atoms with Crippen molar-refractivity contribution in [2.75, 3.05) is 0 Å². The summed E-state index contributed by atoms with van der Waals surface area (Å²) in [5, 5.41) is 4.20. The number of fused-ring (bicyclic) bond motifs is 11. The number of hydrogen-bond donors (Lipinski definition) is 0. The molecule has 7 heteroatoms. The lowest BCUT2D eigenvalue weighted by Crippen LogP contribution is -1.99. The third kappa shape index (κ3) is 4.88. The molecule has 0 bridgehead atoms. The first-order chi connectivity index (χ1) is 28.1. The van der Waals surface area contributed by atoms with Gasteiger partial charge in [0.05, 0.1) is 27.9 Å². The lowest BCUT2D eigenvalue weighted by Gasteiger charge is -2.14. The van der Waals surface area contributed by atoms with E-state index in [1.165, 1.54) is 27.8 Å². The maximum Gasteiger partial charge on any atom is 0.221 e. The van der Waals surface area contributed by atoms with Gasteiger partial charge in [-0.15, -0.1) is 0 Å². The molecule has 1 aliphatic rings. The van der Waals surface area contributed by atoms with E-state index in [0.717, 1.165) is 90.5 Å². The molecular weight excluding hydrogens is 703 g/mol. The molecule has 57 heavy (non-hydrogen) atoms. The van der Waals surface area contributed by atoms with Crippen LogP contribution in [0.15, 0.2) is 150 Å².